The molecule has 144 valence electrons. The molecule has 6 nitrogen and oxygen atoms in total. The Morgan fingerprint density at radius 1 is 1.04 bits per heavy atom. The summed E-state index contributed by atoms with van der Waals surface area (Å²) in [4.78, 5) is 21.1. The third-order valence-electron chi connectivity index (χ3n) is 4.40. The number of hydrogen-bond donors (Lipinski definition) is 2. The third kappa shape index (κ3) is 4.85. The molecule has 0 bridgehead atoms. The molecule has 1 heterocycles. The van der Waals surface area contributed by atoms with Crippen LogP contribution in [0.15, 0.2) is 60.8 Å². The summed E-state index contributed by atoms with van der Waals surface area (Å²) in [5.74, 6) is 1.02. The zero-order chi connectivity index (χ0) is 19.8. The van der Waals surface area contributed by atoms with Crippen LogP contribution in [0.3, 0.4) is 0 Å². The first-order valence-corrected chi connectivity index (χ1v) is 9.29. The maximum Gasteiger partial charge on any atom is 0.274 e. The van der Waals surface area contributed by atoms with Gasteiger partial charge in [0.2, 0.25) is 5.95 Å². The van der Waals surface area contributed by atoms with Crippen LogP contribution >= 0.6 is 0 Å². The van der Waals surface area contributed by atoms with Gasteiger partial charge in [-0.05, 0) is 42.2 Å². The zero-order valence-corrected chi connectivity index (χ0v) is 16.1. The van der Waals surface area contributed by atoms with E-state index in [0.717, 1.165) is 35.4 Å². The molecule has 0 saturated heterocycles. The number of carbonyl (C=O) groups is 1. The van der Waals surface area contributed by atoms with Crippen LogP contribution in [0, 0.1) is 0 Å². The lowest BCUT2D eigenvalue weighted by Gasteiger charge is -2.11. The second-order valence-corrected chi connectivity index (χ2v) is 6.22. The molecule has 3 aromatic rings. The number of anilines is 2. The maximum absolute atomic E-state index is 12.6. The van der Waals surface area contributed by atoms with E-state index >= 15 is 0 Å². The smallest absolute Gasteiger partial charge is 0.274 e. The molecule has 0 atom stereocenters. The number of ether oxygens (including phenoxy) is 1. The van der Waals surface area contributed by atoms with Crippen LogP contribution in [0.5, 0.6) is 5.75 Å². The van der Waals surface area contributed by atoms with E-state index in [4.69, 9.17) is 4.74 Å². The summed E-state index contributed by atoms with van der Waals surface area (Å²) in [7, 11) is 1.66. The van der Waals surface area contributed by atoms with Gasteiger partial charge >= 0.3 is 0 Å². The molecule has 2 aromatic carbocycles. The molecule has 2 N–H and O–H groups in total. The van der Waals surface area contributed by atoms with E-state index in [2.05, 4.69) is 27.5 Å². The van der Waals surface area contributed by atoms with E-state index < -0.39 is 0 Å². The molecule has 0 saturated carbocycles. The Bertz CT molecular complexity index is 943. The number of nitrogens with zero attached hydrogens (tertiary/aromatic N) is 2. The molecule has 1 aromatic heterocycles. The summed E-state index contributed by atoms with van der Waals surface area (Å²) in [6.07, 6.45) is 3.18. The van der Waals surface area contributed by atoms with Crippen molar-refractivity contribution >= 4 is 17.5 Å². The van der Waals surface area contributed by atoms with Gasteiger partial charge in [-0.2, -0.15) is 0 Å². The van der Waals surface area contributed by atoms with Crippen molar-refractivity contribution in [3.63, 3.8) is 0 Å². The van der Waals surface area contributed by atoms with Crippen molar-refractivity contribution in [1.29, 1.82) is 0 Å². The number of aromatic nitrogens is 2. The number of nitrogens with one attached hydrogen (secondary N) is 2. The summed E-state index contributed by atoms with van der Waals surface area (Å²) in [6, 6.07) is 17.2. The van der Waals surface area contributed by atoms with E-state index in [9.17, 15) is 4.79 Å². The van der Waals surface area contributed by atoms with E-state index in [1.54, 1.807) is 19.4 Å². The standard InChI is InChI=1S/C22H24N4O2/c1-3-16-8-4-6-10-18(16)25-21(27)19-13-15-24-22(26-19)23-14-12-17-9-5-7-11-20(17)28-2/h4-11,13,15H,3,12,14H2,1-2H3,(H,25,27)(H,23,24,26). The average molecular weight is 376 g/mol. The Labute approximate surface area is 165 Å². The molecular weight excluding hydrogens is 352 g/mol. The summed E-state index contributed by atoms with van der Waals surface area (Å²) >= 11 is 0. The molecular formula is C22H24N4O2. The first kappa shape index (κ1) is 19.4. The fourth-order valence-corrected chi connectivity index (χ4v) is 2.93. The molecule has 0 spiro atoms. The molecule has 3 rings (SSSR count). The van der Waals surface area contributed by atoms with Gasteiger partial charge in [0.05, 0.1) is 7.11 Å². The third-order valence-corrected chi connectivity index (χ3v) is 4.40. The fraction of sp³-hybridized carbons (Fsp3) is 0.227. The predicted molar refractivity (Wildman–Crippen MR) is 111 cm³/mol. The lowest BCUT2D eigenvalue weighted by molar-refractivity contribution is 0.102. The Hall–Kier alpha value is -3.41. The number of aryl methyl sites for hydroxylation is 1. The Balaban J connectivity index is 1.62. The molecule has 6 heteroatoms. The first-order chi connectivity index (χ1) is 13.7. The van der Waals surface area contributed by atoms with Crippen molar-refractivity contribution in [1.82, 2.24) is 9.97 Å². The first-order valence-electron chi connectivity index (χ1n) is 9.29. The van der Waals surface area contributed by atoms with Crippen LogP contribution in [0.1, 0.15) is 28.5 Å². The largest absolute Gasteiger partial charge is 0.496 e. The quantitative estimate of drug-likeness (QED) is 0.622. The Morgan fingerprint density at radius 3 is 2.57 bits per heavy atom. The predicted octanol–water partition coefficient (Wildman–Crippen LogP) is 3.95. The van der Waals surface area contributed by atoms with Gasteiger partial charge in [-0.25, -0.2) is 9.97 Å². The van der Waals surface area contributed by atoms with Gasteiger partial charge in [0.15, 0.2) is 0 Å². The Morgan fingerprint density at radius 2 is 1.79 bits per heavy atom. The lowest BCUT2D eigenvalue weighted by Crippen LogP contribution is -2.17. The SMILES string of the molecule is CCc1ccccc1NC(=O)c1ccnc(NCCc2ccccc2OC)n1. The zero-order valence-electron chi connectivity index (χ0n) is 16.1. The molecule has 1 amide bonds. The van der Waals surface area contributed by atoms with Gasteiger partial charge in [-0.15, -0.1) is 0 Å². The second-order valence-electron chi connectivity index (χ2n) is 6.22. The van der Waals surface area contributed by atoms with Crippen LogP contribution < -0.4 is 15.4 Å². The van der Waals surface area contributed by atoms with Crippen molar-refractivity contribution in [3.05, 3.63) is 77.6 Å². The number of benzene rings is 2. The highest BCUT2D eigenvalue weighted by Gasteiger charge is 2.11. The van der Waals surface area contributed by atoms with Crippen molar-refractivity contribution < 1.29 is 9.53 Å². The topological polar surface area (TPSA) is 76.1 Å². The normalized spacial score (nSPS) is 10.4. The van der Waals surface area contributed by atoms with Crippen molar-refractivity contribution in [2.75, 3.05) is 24.3 Å². The number of amides is 1. The fourth-order valence-electron chi connectivity index (χ4n) is 2.93. The maximum atomic E-state index is 12.6. The van der Waals surface area contributed by atoms with Crippen molar-refractivity contribution in [3.8, 4) is 5.75 Å². The van der Waals surface area contributed by atoms with Gasteiger partial charge in [0.25, 0.3) is 5.91 Å². The van der Waals surface area contributed by atoms with E-state index in [0.29, 0.717) is 18.2 Å². The van der Waals surface area contributed by atoms with Gasteiger partial charge < -0.3 is 15.4 Å². The molecule has 0 aliphatic heterocycles. The molecule has 0 aliphatic rings. The minimum absolute atomic E-state index is 0.254. The number of methoxy groups -OCH3 is 1. The highest BCUT2D eigenvalue weighted by Crippen LogP contribution is 2.18. The minimum Gasteiger partial charge on any atom is -0.496 e. The average Bonchev–Trinajstić information content (AvgIpc) is 2.74. The van der Waals surface area contributed by atoms with Crippen LogP contribution in [0.2, 0.25) is 0 Å². The highest BCUT2D eigenvalue weighted by atomic mass is 16.5. The highest BCUT2D eigenvalue weighted by molar-refractivity contribution is 6.03. The van der Waals surface area contributed by atoms with Gasteiger partial charge in [0, 0.05) is 18.4 Å². The van der Waals surface area contributed by atoms with Crippen LogP contribution in [0.4, 0.5) is 11.6 Å². The summed E-state index contributed by atoms with van der Waals surface area (Å²) in [5.41, 5.74) is 3.31. The van der Waals surface area contributed by atoms with Crippen LogP contribution in [-0.4, -0.2) is 29.5 Å². The molecule has 0 aliphatic carbocycles. The monoisotopic (exact) mass is 376 g/mol. The van der Waals surface area contributed by atoms with E-state index in [1.807, 2.05) is 48.5 Å². The van der Waals surface area contributed by atoms with E-state index in [-0.39, 0.29) is 5.91 Å². The summed E-state index contributed by atoms with van der Waals surface area (Å²) < 4.78 is 5.36. The van der Waals surface area contributed by atoms with E-state index in [1.165, 1.54) is 0 Å². The van der Waals surface area contributed by atoms with Crippen molar-refractivity contribution in [2.24, 2.45) is 0 Å². The molecule has 28 heavy (non-hydrogen) atoms. The summed E-state index contributed by atoms with van der Waals surface area (Å²) in [5, 5.41) is 6.10. The van der Waals surface area contributed by atoms with Crippen LogP contribution in [0.25, 0.3) is 0 Å². The summed E-state index contributed by atoms with van der Waals surface area (Å²) in [6.45, 7) is 2.68. The molecule has 0 fully saturated rings. The van der Waals surface area contributed by atoms with Gasteiger partial charge in [-0.3, -0.25) is 4.79 Å². The number of para-hydroxylation sites is 2. The molecule has 0 unspecified atom stereocenters. The minimum atomic E-state index is -0.254. The number of rotatable bonds is 8. The Kier molecular flexibility index (Phi) is 6.57. The van der Waals surface area contributed by atoms with Crippen LogP contribution in [-0.2, 0) is 12.8 Å². The molecule has 0 radical (unpaired) electrons. The van der Waals surface area contributed by atoms with Crippen molar-refractivity contribution in [2.45, 2.75) is 19.8 Å². The number of carbonyl (C=O) groups excluding carboxylic acids is 1. The second kappa shape index (κ2) is 9.50. The van der Waals surface area contributed by atoms with Gasteiger partial charge in [0.1, 0.15) is 11.4 Å². The number of hydrogen-bond acceptors (Lipinski definition) is 5. The lowest BCUT2D eigenvalue weighted by atomic mass is 10.1. The van der Waals surface area contributed by atoms with Gasteiger partial charge in [-0.1, -0.05) is 43.3 Å².